The average molecular weight is 650 g/mol. The van der Waals surface area contributed by atoms with Gasteiger partial charge < -0.3 is 4.90 Å². The van der Waals surface area contributed by atoms with Crippen molar-refractivity contribution >= 4 is 80.0 Å². The highest BCUT2D eigenvalue weighted by atomic mass is 32.1. The maximum atomic E-state index is 2.66. The molecule has 2 unspecified atom stereocenters. The minimum absolute atomic E-state index is 0.0496. The summed E-state index contributed by atoms with van der Waals surface area (Å²) in [5.74, 6) is 0.321. The number of para-hydroxylation sites is 1. The van der Waals surface area contributed by atoms with Gasteiger partial charge in [0.25, 0.3) is 0 Å². The zero-order valence-electron chi connectivity index (χ0n) is 26.7. The van der Waals surface area contributed by atoms with E-state index in [1.807, 2.05) is 22.7 Å². The van der Waals surface area contributed by atoms with Gasteiger partial charge in [0.15, 0.2) is 0 Å². The summed E-state index contributed by atoms with van der Waals surface area (Å²) in [6.45, 7) is 4.86. The molecular formula is C45H31NS2. The number of thiophene rings is 2. The molecule has 0 fully saturated rings. The average Bonchev–Trinajstić information content (AvgIpc) is 3.84. The number of hydrogen-bond donors (Lipinski definition) is 0. The molecule has 0 bridgehead atoms. The molecule has 8 aromatic rings. The van der Waals surface area contributed by atoms with Crippen LogP contribution in [0.1, 0.15) is 36.5 Å². The SMILES string of the molecule is CC1(C)C2=C(C=CC3c4ccccc4N(c4ccc5c(c4)sc4cccc(-c6ccc7c(c6)sc6ccccc67)c45)C23)c2ccccc21. The molecule has 1 aliphatic heterocycles. The van der Waals surface area contributed by atoms with Crippen molar-refractivity contribution in [3.8, 4) is 11.1 Å². The summed E-state index contributed by atoms with van der Waals surface area (Å²) in [6.07, 6.45) is 4.88. The maximum absolute atomic E-state index is 2.66. The van der Waals surface area contributed by atoms with Crippen molar-refractivity contribution in [2.45, 2.75) is 31.2 Å². The van der Waals surface area contributed by atoms with Gasteiger partial charge in [0, 0.05) is 63.1 Å². The normalized spacial score (nSPS) is 19.0. The number of nitrogens with zero attached hydrogens (tertiary/aromatic N) is 1. The fourth-order valence-corrected chi connectivity index (χ4v) is 11.5. The van der Waals surface area contributed by atoms with Crippen LogP contribution in [0.25, 0.3) is 57.0 Å². The van der Waals surface area contributed by atoms with Gasteiger partial charge in [0.05, 0.1) is 6.04 Å². The Bertz CT molecular complexity index is 2730. The third-order valence-electron chi connectivity index (χ3n) is 11.2. The third-order valence-corrected chi connectivity index (χ3v) is 13.5. The van der Waals surface area contributed by atoms with E-state index in [2.05, 4.69) is 158 Å². The lowest BCUT2D eigenvalue weighted by molar-refractivity contribution is 0.552. The first-order valence-electron chi connectivity index (χ1n) is 16.8. The Morgan fingerprint density at radius 2 is 1.33 bits per heavy atom. The van der Waals surface area contributed by atoms with Crippen molar-refractivity contribution in [3.63, 3.8) is 0 Å². The fraction of sp³-hybridized carbons (Fsp3) is 0.111. The van der Waals surface area contributed by atoms with Crippen LogP contribution in [-0.2, 0) is 5.41 Å². The van der Waals surface area contributed by atoms with Crippen LogP contribution in [0.15, 0.2) is 145 Å². The lowest BCUT2D eigenvalue weighted by Crippen LogP contribution is -2.38. The Morgan fingerprint density at radius 3 is 2.29 bits per heavy atom. The van der Waals surface area contributed by atoms with Gasteiger partial charge in [-0.25, -0.2) is 0 Å². The molecule has 3 aliphatic rings. The number of allylic oxidation sites excluding steroid dienone is 2. The van der Waals surface area contributed by atoms with E-state index in [-0.39, 0.29) is 11.5 Å². The minimum atomic E-state index is -0.0496. The smallest absolute Gasteiger partial charge is 0.0673 e. The van der Waals surface area contributed by atoms with Crippen LogP contribution in [0.5, 0.6) is 0 Å². The first-order valence-corrected chi connectivity index (χ1v) is 18.5. The summed E-state index contributed by atoms with van der Waals surface area (Å²) >= 11 is 3.81. The lowest BCUT2D eigenvalue weighted by Gasteiger charge is -2.39. The topological polar surface area (TPSA) is 3.24 Å². The van der Waals surface area contributed by atoms with Crippen LogP contribution in [0.3, 0.4) is 0 Å². The Labute approximate surface area is 287 Å². The van der Waals surface area contributed by atoms with Gasteiger partial charge in [-0.3, -0.25) is 0 Å². The largest absolute Gasteiger partial charge is 0.333 e. The van der Waals surface area contributed by atoms with Crippen LogP contribution in [0.2, 0.25) is 0 Å². The number of hydrogen-bond acceptors (Lipinski definition) is 3. The van der Waals surface area contributed by atoms with Crippen molar-refractivity contribution in [2.24, 2.45) is 0 Å². The quantitative estimate of drug-likeness (QED) is 0.180. The molecule has 228 valence electrons. The van der Waals surface area contributed by atoms with Gasteiger partial charge in [-0.15, -0.1) is 22.7 Å². The van der Waals surface area contributed by atoms with Gasteiger partial charge in [-0.05, 0) is 75.4 Å². The molecule has 0 saturated carbocycles. The zero-order chi connectivity index (χ0) is 31.7. The highest BCUT2D eigenvalue weighted by Gasteiger charge is 2.50. The first-order chi connectivity index (χ1) is 23.6. The van der Waals surface area contributed by atoms with Gasteiger partial charge in [-0.2, -0.15) is 0 Å². The molecule has 0 N–H and O–H groups in total. The molecule has 0 radical (unpaired) electrons. The van der Waals surface area contributed by atoms with Gasteiger partial charge in [-0.1, -0.05) is 117 Å². The van der Waals surface area contributed by atoms with Gasteiger partial charge >= 0.3 is 0 Å². The first kappa shape index (κ1) is 27.0. The highest BCUT2D eigenvalue weighted by Crippen LogP contribution is 2.59. The van der Waals surface area contributed by atoms with E-state index in [0.29, 0.717) is 5.92 Å². The zero-order valence-corrected chi connectivity index (χ0v) is 28.3. The molecule has 2 atom stereocenters. The lowest BCUT2D eigenvalue weighted by atomic mass is 9.73. The number of rotatable bonds is 2. The predicted molar refractivity (Wildman–Crippen MR) is 208 cm³/mol. The van der Waals surface area contributed by atoms with E-state index in [9.17, 15) is 0 Å². The number of benzene rings is 6. The number of anilines is 2. The van der Waals surface area contributed by atoms with Gasteiger partial charge in [0.1, 0.15) is 0 Å². The summed E-state index contributed by atoms with van der Waals surface area (Å²) in [4.78, 5) is 2.66. The minimum Gasteiger partial charge on any atom is -0.333 e. The van der Waals surface area contributed by atoms with Crippen LogP contribution < -0.4 is 4.90 Å². The van der Waals surface area contributed by atoms with Crippen LogP contribution >= 0.6 is 22.7 Å². The van der Waals surface area contributed by atoms with Crippen LogP contribution in [-0.4, -0.2) is 6.04 Å². The van der Waals surface area contributed by atoms with E-state index in [1.165, 1.54) is 85.1 Å². The Morgan fingerprint density at radius 1 is 0.604 bits per heavy atom. The standard InChI is InChI=1S/C45H31NS2/c1-45(2)36-14-6-3-10-29(36)33-22-23-34-30-11-4-7-15-37(30)46(44(34)43(33)45)27-19-21-35-41(25-27)48-39-17-9-13-28(42(35)39)26-18-20-32-31-12-5-8-16-38(31)47-40(32)24-26/h3-25,34,44H,1-2H3. The molecule has 0 amide bonds. The molecule has 11 rings (SSSR count). The van der Waals surface area contributed by atoms with E-state index >= 15 is 0 Å². The summed E-state index contributed by atoms with van der Waals surface area (Å²) in [5, 5.41) is 5.40. The van der Waals surface area contributed by atoms with Crippen LogP contribution in [0.4, 0.5) is 11.4 Å². The van der Waals surface area contributed by atoms with Crippen molar-refractivity contribution in [1.82, 2.24) is 0 Å². The molecule has 6 aromatic carbocycles. The van der Waals surface area contributed by atoms with Crippen molar-refractivity contribution < 1.29 is 0 Å². The Balaban J connectivity index is 1.08. The van der Waals surface area contributed by atoms with Crippen molar-refractivity contribution in [3.05, 3.63) is 162 Å². The summed E-state index contributed by atoms with van der Waals surface area (Å²) in [7, 11) is 0. The Kier molecular flexibility index (Phi) is 5.39. The molecule has 0 spiro atoms. The van der Waals surface area contributed by atoms with E-state index in [1.54, 1.807) is 5.57 Å². The Hall–Kier alpha value is -4.96. The predicted octanol–water partition coefficient (Wildman–Crippen LogP) is 13.0. The molecule has 3 heteroatoms. The number of fused-ring (bicyclic) bond motifs is 12. The van der Waals surface area contributed by atoms with E-state index in [4.69, 9.17) is 0 Å². The second kappa shape index (κ2) is 9.56. The molecular weight excluding hydrogens is 619 g/mol. The van der Waals surface area contributed by atoms with Gasteiger partial charge in [0.2, 0.25) is 0 Å². The molecule has 0 saturated heterocycles. The summed E-state index contributed by atoms with van der Waals surface area (Å²) in [6, 6.07) is 48.2. The molecule has 1 nitrogen and oxygen atoms in total. The highest BCUT2D eigenvalue weighted by molar-refractivity contribution is 7.26. The molecule has 48 heavy (non-hydrogen) atoms. The fourth-order valence-electron chi connectivity index (χ4n) is 9.18. The summed E-state index contributed by atoms with van der Waals surface area (Å²) < 4.78 is 5.38. The van der Waals surface area contributed by atoms with Crippen LogP contribution in [0, 0.1) is 0 Å². The third kappa shape index (κ3) is 3.50. The van der Waals surface area contributed by atoms with E-state index in [0.717, 1.165) is 0 Å². The monoisotopic (exact) mass is 649 g/mol. The second-order valence-electron chi connectivity index (χ2n) is 14.0. The molecule has 3 heterocycles. The molecule has 2 aromatic heterocycles. The van der Waals surface area contributed by atoms with E-state index < -0.39 is 0 Å². The van der Waals surface area contributed by atoms with Crippen molar-refractivity contribution in [2.75, 3.05) is 4.90 Å². The second-order valence-corrected chi connectivity index (χ2v) is 16.2. The maximum Gasteiger partial charge on any atom is 0.0673 e. The van der Waals surface area contributed by atoms with Crippen molar-refractivity contribution in [1.29, 1.82) is 0 Å². The molecule has 2 aliphatic carbocycles. The summed E-state index contributed by atoms with van der Waals surface area (Å²) in [5.41, 5.74) is 12.4.